The van der Waals surface area contributed by atoms with Crippen LogP contribution in [-0.4, -0.2) is 6.54 Å². The number of hydrogen-bond acceptors (Lipinski definition) is 3. The van der Waals surface area contributed by atoms with E-state index in [4.69, 9.17) is 0 Å². The first-order valence-electron chi connectivity index (χ1n) is 5.52. The smallest absolute Gasteiger partial charge is 0.0758 e. The van der Waals surface area contributed by atoms with Gasteiger partial charge in [-0.2, -0.15) is 0 Å². The van der Waals surface area contributed by atoms with Gasteiger partial charge in [0.1, 0.15) is 0 Å². The molecule has 2 aromatic rings. The van der Waals surface area contributed by atoms with Crippen LogP contribution in [0.25, 0.3) is 0 Å². The highest BCUT2D eigenvalue weighted by molar-refractivity contribution is 9.12. The molecule has 1 N–H and O–H groups in total. The van der Waals surface area contributed by atoms with Gasteiger partial charge in [-0.1, -0.05) is 6.92 Å². The Bertz CT molecular complexity index is 521. The Balaban J connectivity index is 2.20. The van der Waals surface area contributed by atoms with Crippen molar-refractivity contribution >= 4 is 70.5 Å². The van der Waals surface area contributed by atoms with E-state index < -0.39 is 0 Å². The second-order valence-electron chi connectivity index (χ2n) is 3.80. The van der Waals surface area contributed by atoms with Crippen LogP contribution in [0.5, 0.6) is 0 Å². The van der Waals surface area contributed by atoms with Crippen molar-refractivity contribution in [1.29, 1.82) is 0 Å². The third-order valence-electron chi connectivity index (χ3n) is 2.54. The molecule has 1 atom stereocenters. The Kier molecular flexibility index (Phi) is 5.90. The highest BCUT2D eigenvalue weighted by Crippen LogP contribution is 2.37. The summed E-state index contributed by atoms with van der Waals surface area (Å²) >= 11 is 14.2. The summed E-state index contributed by atoms with van der Waals surface area (Å²) in [5, 5.41) is 3.56. The summed E-state index contributed by atoms with van der Waals surface area (Å²) in [5.41, 5.74) is 1.33. The lowest BCUT2D eigenvalue weighted by Crippen LogP contribution is -2.22. The summed E-state index contributed by atoms with van der Waals surface area (Å²) in [6, 6.07) is 6.86. The van der Waals surface area contributed by atoms with Crippen LogP contribution in [-0.2, 0) is 6.42 Å². The van der Waals surface area contributed by atoms with Gasteiger partial charge in [-0.25, -0.2) is 0 Å². The molecule has 1 unspecified atom stereocenters. The summed E-state index contributed by atoms with van der Waals surface area (Å²) in [6.07, 6.45) is 1.02. The maximum Gasteiger partial charge on any atom is 0.0758 e. The van der Waals surface area contributed by atoms with E-state index in [1.54, 1.807) is 22.7 Å². The SMILES string of the molecule is CCNC(Cc1ccc(Br)s1)c1cc(Br)sc1Br. The molecule has 0 amide bonds. The predicted octanol–water partition coefficient (Wildman–Crippen LogP) is 5.99. The standard InChI is InChI=1S/C12H12Br3NS2/c1-2-16-9(5-7-3-4-10(13)17-7)8-6-11(14)18-12(8)15/h3-4,6,9,16H,2,5H2,1H3. The molecule has 0 spiro atoms. The summed E-state index contributed by atoms with van der Waals surface area (Å²) in [6.45, 7) is 3.11. The monoisotopic (exact) mass is 471 g/mol. The molecule has 0 saturated carbocycles. The van der Waals surface area contributed by atoms with Crippen LogP contribution in [0.3, 0.4) is 0 Å². The fraction of sp³-hybridized carbons (Fsp3) is 0.333. The summed E-state index contributed by atoms with van der Waals surface area (Å²) in [4.78, 5) is 1.39. The fourth-order valence-corrected chi connectivity index (χ4v) is 6.29. The third kappa shape index (κ3) is 3.90. The van der Waals surface area contributed by atoms with E-state index in [0.717, 1.165) is 13.0 Å². The maximum atomic E-state index is 3.65. The van der Waals surface area contributed by atoms with Crippen molar-refractivity contribution in [2.75, 3.05) is 6.54 Å². The molecule has 1 nitrogen and oxygen atoms in total. The second-order valence-corrected chi connectivity index (χ2v) is 10.1. The molecule has 2 rings (SSSR count). The molecule has 0 aliphatic carbocycles. The van der Waals surface area contributed by atoms with Gasteiger partial charge in [0.05, 0.1) is 11.4 Å². The quantitative estimate of drug-likeness (QED) is 0.562. The zero-order chi connectivity index (χ0) is 13.1. The molecule has 0 aromatic carbocycles. The zero-order valence-corrected chi connectivity index (χ0v) is 16.1. The van der Waals surface area contributed by atoms with Gasteiger partial charge in [-0.15, -0.1) is 22.7 Å². The molecule has 0 saturated heterocycles. The van der Waals surface area contributed by atoms with Crippen molar-refractivity contribution in [2.45, 2.75) is 19.4 Å². The molecule has 6 heteroatoms. The van der Waals surface area contributed by atoms with Crippen LogP contribution in [0.15, 0.2) is 29.6 Å². The van der Waals surface area contributed by atoms with Gasteiger partial charge in [0.15, 0.2) is 0 Å². The molecule has 0 bridgehead atoms. The van der Waals surface area contributed by atoms with Crippen LogP contribution in [0.4, 0.5) is 0 Å². The molecule has 18 heavy (non-hydrogen) atoms. The second kappa shape index (κ2) is 6.99. The van der Waals surface area contributed by atoms with Gasteiger partial charge in [0.2, 0.25) is 0 Å². The van der Waals surface area contributed by atoms with E-state index in [9.17, 15) is 0 Å². The van der Waals surface area contributed by atoms with E-state index in [1.165, 1.54) is 21.8 Å². The average Bonchev–Trinajstić information content (AvgIpc) is 2.84. The first-order valence-corrected chi connectivity index (χ1v) is 9.53. The van der Waals surface area contributed by atoms with Crippen LogP contribution in [0.1, 0.15) is 23.4 Å². The van der Waals surface area contributed by atoms with Crippen LogP contribution < -0.4 is 5.32 Å². The Morgan fingerprint density at radius 1 is 1.17 bits per heavy atom. The largest absolute Gasteiger partial charge is 0.310 e. The Labute approximate surface area is 140 Å². The summed E-state index contributed by atoms with van der Waals surface area (Å²) in [7, 11) is 0. The average molecular weight is 474 g/mol. The number of rotatable bonds is 5. The van der Waals surface area contributed by atoms with Crippen molar-refractivity contribution in [3.63, 3.8) is 0 Å². The van der Waals surface area contributed by atoms with Gasteiger partial charge < -0.3 is 5.32 Å². The number of likely N-dealkylation sites (N-methyl/N-ethyl adjacent to an activating group) is 1. The summed E-state index contributed by atoms with van der Waals surface area (Å²) < 4.78 is 3.56. The lowest BCUT2D eigenvalue weighted by atomic mass is 10.1. The topological polar surface area (TPSA) is 12.0 Å². The van der Waals surface area contributed by atoms with Gasteiger partial charge in [0, 0.05) is 17.3 Å². The van der Waals surface area contributed by atoms with Gasteiger partial charge in [0.25, 0.3) is 0 Å². The number of halogens is 3. The molecule has 2 aromatic heterocycles. The highest BCUT2D eigenvalue weighted by Gasteiger charge is 2.17. The van der Waals surface area contributed by atoms with Crippen LogP contribution >= 0.6 is 70.5 Å². The van der Waals surface area contributed by atoms with Crippen molar-refractivity contribution < 1.29 is 0 Å². The molecule has 0 radical (unpaired) electrons. The van der Waals surface area contributed by atoms with Crippen molar-refractivity contribution in [2.24, 2.45) is 0 Å². The van der Waals surface area contributed by atoms with E-state index in [0.29, 0.717) is 6.04 Å². The lowest BCUT2D eigenvalue weighted by molar-refractivity contribution is 0.553. The fourth-order valence-electron chi connectivity index (χ4n) is 1.79. The van der Waals surface area contributed by atoms with Gasteiger partial charge in [-0.05, 0) is 78.1 Å². The molecular formula is C12H12Br3NS2. The minimum absolute atomic E-state index is 0.359. The number of nitrogens with one attached hydrogen (secondary N) is 1. The van der Waals surface area contributed by atoms with Crippen molar-refractivity contribution in [3.05, 3.63) is 40.0 Å². The minimum atomic E-state index is 0.359. The molecule has 98 valence electrons. The van der Waals surface area contributed by atoms with Gasteiger partial charge >= 0.3 is 0 Å². The molecule has 2 heterocycles. The molecule has 0 aliphatic heterocycles. The Morgan fingerprint density at radius 2 is 1.94 bits per heavy atom. The highest BCUT2D eigenvalue weighted by atomic mass is 79.9. The first kappa shape index (κ1) is 15.2. The Hall–Kier alpha value is 0.800. The predicted molar refractivity (Wildman–Crippen MR) is 91.9 cm³/mol. The van der Waals surface area contributed by atoms with Crippen molar-refractivity contribution in [3.8, 4) is 0 Å². The molecular weight excluding hydrogens is 462 g/mol. The van der Waals surface area contributed by atoms with E-state index >= 15 is 0 Å². The number of hydrogen-bond donors (Lipinski definition) is 1. The lowest BCUT2D eigenvalue weighted by Gasteiger charge is -2.16. The van der Waals surface area contributed by atoms with Crippen molar-refractivity contribution in [1.82, 2.24) is 5.32 Å². The normalized spacial score (nSPS) is 12.9. The van der Waals surface area contributed by atoms with E-state index in [2.05, 4.69) is 78.2 Å². The number of thiophene rings is 2. The first-order chi connectivity index (χ1) is 8.60. The third-order valence-corrected chi connectivity index (χ3v) is 6.57. The van der Waals surface area contributed by atoms with Crippen LogP contribution in [0, 0.1) is 0 Å². The van der Waals surface area contributed by atoms with E-state index in [1.807, 2.05) is 0 Å². The van der Waals surface area contributed by atoms with Gasteiger partial charge in [-0.3, -0.25) is 0 Å². The van der Waals surface area contributed by atoms with Crippen LogP contribution in [0.2, 0.25) is 0 Å². The minimum Gasteiger partial charge on any atom is -0.310 e. The van der Waals surface area contributed by atoms with E-state index in [-0.39, 0.29) is 0 Å². The molecule has 0 fully saturated rings. The molecule has 0 aliphatic rings. The zero-order valence-electron chi connectivity index (χ0n) is 9.67. The summed E-state index contributed by atoms with van der Waals surface area (Å²) in [5.74, 6) is 0. The Morgan fingerprint density at radius 3 is 2.44 bits per heavy atom. The maximum absolute atomic E-state index is 3.65.